The summed E-state index contributed by atoms with van der Waals surface area (Å²) < 4.78 is 10.5. The van der Waals surface area contributed by atoms with Crippen LogP contribution in [0.15, 0.2) is 30.3 Å². The van der Waals surface area contributed by atoms with Crippen molar-refractivity contribution in [3.05, 3.63) is 40.1 Å². The third-order valence-electron chi connectivity index (χ3n) is 4.68. The number of rotatable bonds is 7. The summed E-state index contributed by atoms with van der Waals surface area (Å²) >= 11 is 1.71. The molecule has 6 nitrogen and oxygen atoms in total. The Morgan fingerprint density at radius 2 is 1.93 bits per heavy atom. The number of aryl methyl sites for hydroxylation is 1. The van der Waals surface area contributed by atoms with Crippen LogP contribution in [0.5, 0.6) is 11.5 Å². The van der Waals surface area contributed by atoms with E-state index in [1.807, 2.05) is 6.07 Å². The molecule has 1 aliphatic rings. The lowest BCUT2D eigenvalue weighted by molar-refractivity contribution is -0.126. The highest BCUT2D eigenvalue weighted by molar-refractivity contribution is 7.11. The van der Waals surface area contributed by atoms with Gasteiger partial charge < -0.3 is 19.7 Å². The number of anilines is 1. The van der Waals surface area contributed by atoms with Crippen molar-refractivity contribution >= 4 is 28.8 Å². The van der Waals surface area contributed by atoms with Gasteiger partial charge in [-0.15, -0.1) is 11.3 Å². The van der Waals surface area contributed by atoms with Gasteiger partial charge >= 0.3 is 0 Å². The van der Waals surface area contributed by atoms with Gasteiger partial charge in [0.2, 0.25) is 11.8 Å². The monoisotopic (exact) mass is 388 g/mol. The van der Waals surface area contributed by atoms with E-state index in [2.05, 4.69) is 18.3 Å². The first-order chi connectivity index (χ1) is 13.0. The molecular formula is C20H24N2O4S. The molecule has 1 aliphatic heterocycles. The van der Waals surface area contributed by atoms with Gasteiger partial charge in [0.15, 0.2) is 11.5 Å². The van der Waals surface area contributed by atoms with Gasteiger partial charge in [-0.1, -0.05) is 6.92 Å². The highest BCUT2D eigenvalue weighted by Gasteiger charge is 2.35. The fraction of sp³-hybridized carbons (Fsp3) is 0.400. The fourth-order valence-electron chi connectivity index (χ4n) is 3.15. The van der Waals surface area contributed by atoms with Gasteiger partial charge in [0.05, 0.1) is 26.7 Å². The summed E-state index contributed by atoms with van der Waals surface area (Å²) in [6, 6.07) is 9.45. The van der Waals surface area contributed by atoms with Crippen LogP contribution in [0.1, 0.15) is 23.1 Å². The van der Waals surface area contributed by atoms with E-state index in [0.29, 0.717) is 30.3 Å². The van der Waals surface area contributed by atoms with Crippen molar-refractivity contribution in [1.29, 1.82) is 0 Å². The molecule has 1 N–H and O–H groups in total. The number of methoxy groups -OCH3 is 2. The predicted molar refractivity (Wildman–Crippen MR) is 106 cm³/mol. The maximum absolute atomic E-state index is 12.5. The molecule has 0 bridgehead atoms. The van der Waals surface area contributed by atoms with E-state index in [9.17, 15) is 9.59 Å². The lowest BCUT2D eigenvalue weighted by Gasteiger charge is -2.18. The summed E-state index contributed by atoms with van der Waals surface area (Å²) in [5, 5.41) is 2.96. The molecule has 3 rings (SSSR count). The Balaban J connectivity index is 1.63. The zero-order valence-electron chi connectivity index (χ0n) is 15.8. The zero-order chi connectivity index (χ0) is 19.4. The topological polar surface area (TPSA) is 67.9 Å². The molecule has 27 heavy (non-hydrogen) atoms. The second-order valence-electron chi connectivity index (χ2n) is 6.38. The Morgan fingerprint density at radius 3 is 2.59 bits per heavy atom. The highest BCUT2D eigenvalue weighted by Crippen LogP contribution is 2.34. The Hall–Kier alpha value is -2.54. The summed E-state index contributed by atoms with van der Waals surface area (Å²) in [6.07, 6.45) is 1.21. The molecule has 0 radical (unpaired) electrons. The van der Waals surface area contributed by atoms with Crippen LogP contribution in [-0.2, 0) is 22.6 Å². The first-order valence-corrected chi connectivity index (χ1v) is 9.75. The van der Waals surface area contributed by atoms with Gasteiger partial charge in [-0.25, -0.2) is 0 Å². The Kier molecular flexibility index (Phi) is 6.01. The van der Waals surface area contributed by atoms with E-state index in [-0.39, 0.29) is 24.2 Å². The van der Waals surface area contributed by atoms with Crippen LogP contribution in [0, 0.1) is 5.92 Å². The molecule has 1 unspecified atom stereocenters. The van der Waals surface area contributed by atoms with Crippen molar-refractivity contribution in [2.75, 3.05) is 25.7 Å². The standard InChI is InChI=1S/C20H24N2O4S/c1-4-15-6-7-16(27-15)11-21-20(24)13-9-19(23)22(12-13)14-5-8-17(25-2)18(10-14)26-3/h5-8,10,13H,4,9,11-12H2,1-3H3,(H,21,24). The number of carbonyl (C=O) groups excluding carboxylic acids is 2. The van der Waals surface area contributed by atoms with Gasteiger partial charge in [-0.3, -0.25) is 9.59 Å². The summed E-state index contributed by atoms with van der Waals surface area (Å²) in [5.41, 5.74) is 0.707. The summed E-state index contributed by atoms with van der Waals surface area (Å²) in [4.78, 5) is 29.0. The smallest absolute Gasteiger partial charge is 0.227 e. The van der Waals surface area contributed by atoms with Crippen LogP contribution in [0.3, 0.4) is 0 Å². The van der Waals surface area contributed by atoms with Gasteiger partial charge in [0.1, 0.15) is 0 Å². The number of benzene rings is 1. The van der Waals surface area contributed by atoms with E-state index in [0.717, 1.165) is 11.3 Å². The fourth-order valence-corrected chi connectivity index (χ4v) is 4.05. The quantitative estimate of drug-likeness (QED) is 0.792. The van der Waals surface area contributed by atoms with Crippen LogP contribution in [0.4, 0.5) is 5.69 Å². The van der Waals surface area contributed by atoms with Gasteiger partial charge in [-0.2, -0.15) is 0 Å². The molecule has 1 fully saturated rings. The highest BCUT2D eigenvalue weighted by atomic mass is 32.1. The zero-order valence-corrected chi connectivity index (χ0v) is 16.6. The second-order valence-corrected chi connectivity index (χ2v) is 7.64. The molecular weight excluding hydrogens is 364 g/mol. The van der Waals surface area contributed by atoms with Crippen molar-refractivity contribution < 1.29 is 19.1 Å². The van der Waals surface area contributed by atoms with Gasteiger partial charge in [0.25, 0.3) is 0 Å². The number of amides is 2. The number of ether oxygens (including phenoxy) is 2. The normalized spacial score (nSPS) is 16.5. The molecule has 1 saturated heterocycles. The Morgan fingerprint density at radius 1 is 1.19 bits per heavy atom. The van der Waals surface area contributed by atoms with E-state index >= 15 is 0 Å². The van der Waals surface area contributed by atoms with E-state index in [1.165, 1.54) is 4.88 Å². The van der Waals surface area contributed by atoms with Crippen LogP contribution < -0.4 is 19.7 Å². The van der Waals surface area contributed by atoms with Crippen LogP contribution >= 0.6 is 11.3 Å². The number of hydrogen-bond donors (Lipinski definition) is 1. The lowest BCUT2D eigenvalue weighted by Crippen LogP contribution is -2.32. The Bertz CT molecular complexity index is 833. The molecule has 1 aromatic heterocycles. The molecule has 0 saturated carbocycles. The lowest BCUT2D eigenvalue weighted by atomic mass is 10.1. The minimum absolute atomic E-state index is 0.0632. The molecule has 0 spiro atoms. The third-order valence-corrected chi connectivity index (χ3v) is 5.91. The molecule has 0 aliphatic carbocycles. The van der Waals surface area contributed by atoms with Crippen molar-refractivity contribution in [2.24, 2.45) is 5.92 Å². The molecule has 2 aromatic rings. The average Bonchev–Trinajstić information content (AvgIpc) is 3.32. The van der Waals surface area contributed by atoms with E-state index in [1.54, 1.807) is 48.7 Å². The molecule has 2 heterocycles. The van der Waals surface area contributed by atoms with Crippen molar-refractivity contribution in [1.82, 2.24) is 5.32 Å². The van der Waals surface area contributed by atoms with Crippen LogP contribution in [0.25, 0.3) is 0 Å². The van der Waals surface area contributed by atoms with E-state index < -0.39 is 0 Å². The Labute approximate surface area is 163 Å². The number of nitrogens with zero attached hydrogens (tertiary/aromatic N) is 1. The van der Waals surface area contributed by atoms with Crippen molar-refractivity contribution in [3.63, 3.8) is 0 Å². The average molecular weight is 388 g/mol. The summed E-state index contributed by atoms with van der Waals surface area (Å²) in [7, 11) is 3.12. The van der Waals surface area contributed by atoms with Crippen molar-refractivity contribution in [3.8, 4) is 11.5 Å². The number of nitrogens with one attached hydrogen (secondary N) is 1. The first kappa shape index (κ1) is 19.2. The predicted octanol–water partition coefficient (Wildman–Crippen LogP) is 3.00. The largest absolute Gasteiger partial charge is 0.493 e. The van der Waals surface area contributed by atoms with Crippen LogP contribution in [0.2, 0.25) is 0 Å². The van der Waals surface area contributed by atoms with Gasteiger partial charge in [-0.05, 0) is 30.7 Å². The number of carbonyl (C=O) groups is 2. The molecule has 1 aromatic carbocycles. The minimum Gasteiger partial charge on any atom is -0.493 e. The number of hydrogen-bond acceptors (Lipinski definition) is 5. The second kappa shape index (κ2) is 8.43. The van der Waals surface area contributed by atoms with Gasteiger partial charge in [0, 0.05) is 34.5 Å². The molecule has 1 atom stereocenters. The maximum Gasteiger partial charge on any atom is 0.227 e. The van der Waals surface area contributed by atoms with Crippen LogP contribution in [-0.4, -0.2) is 32.6 Å². The number of thiophene rings is 1. The SMILES string of the molecule is CCc1ccc(CNC(=O)C2CC(=O)N(c3ccc(OC)c(OC)c3)C2)s1. The molecule has 7 heteroatoms. The maximum atomic E-state index is 12.5. The van der Waals surface area contributed by atoms with E-state index in [4.69, 9.17) is 9.47 Å². The minimum atomic E-state index is -0.351. The third kappa shape index (κ3) is 4.24. The molecule has 2 amide bonds. The summed E-state index contributed by atoms with van der Waals surface area (Å²) in [6.45, 7) is 2.98. The first-order valence-electron chi connectivity index (χ1n) is 8.93. The summed E-state index contributed by atoms with van der Waals surface area (Å²) in [5.74, 6) is 0.658. The van der Waals surface area contributed by atoms with Crippen molar-refractivity contribution in [2.45, 2.75) is 26.3 Å². The molecule has 144 valence electrons.